The van der Waals surface area contributed by atoms with E-state index in [2.05, 4.69) is 24.4 Å². The Morgan fingerprint density at radius 1 is 1.46 bits per heavy atom. The average molecular weight is 179 g/mol. The van der Waals surface area contributed by atoms with Gasteiger partial charge in [-0.2, -0.15) is 0 Å². The smallest absolute Gasteiger partial charge is 0.119 e. The minimum absolute atomic E-state index is 0.528. The summed E-state index contributed by atoms with van der Waals surface area (Å²) in [6, 6.07) is 8.21. The second-order valence-electron chi connectivity index (χ2n) is 3.24. The second-order valence-corrected chi connectivity index (χ2v) is 3.24. The van der Waals surface area contributed by atoms with Gasteiger partial charge in [-0.15, -0.1) is 0 Å². The first-order chi connectivity index (χ1) is 6.27. The van der Waals surface area contributed by atoms with Crippen LogP contribution < -0.4 is 10.1 Å². The zero-order valence-corrected chi connectivity index (χ0v) is 8.50. The molecule has 0 radical (unpaired) electrons. The zero-order valence-electron chi connectivity index (χ0n) is 8.50. The molecule has 0 spiro atoms. The molecule has 0 aliphatic carbocycles. The van der Waals surface area contributed by atoms with Crippen LogP contribution in [0.5, 0.6) is 5.75 Å². The van der Waals surface area contributed by atoms with Crippen LogP contribution in [0, 0.1) is 0 Å². The normalized spacial score (nSPS) is 12.5. The van der Waals surface area contributed by atoms with Gasteiger partial charge in [0.25, 0.3) is 0 Å². The van der Waals surface area contributed by atoms with Crippen molar-refractivity contribution in [2.24, 2.45) is 0 Å². The molecule has 0 saturated heterocycles. The van der Waals surface area contributed by atoms with Gasteiger partial charge < -0.3 is 10.1 Å². The van der Waals surface area contributed by atoms with Gasteiger partial charge in [0.1, 0.15) is 5.75 Å². The summed E-state index contributed by atoms with van der Waals surface area (Å²) < 4.78 is 5.16. The Balaban J connectivity index is 2.75. The maximum absolute atomic E-state index is 5.16. The van der Waals surface area contributed by atoms with Crippen molar-refractivity contribution in [2.45, 2.75) is 12.8 Å². The molecule has 2 heteroatoms. The zero-order chi connectivity index (χ0) is 9.68. The van der Waals surface area contributed by atoms with E-state index in [4.69, 9.17) is 4.74 Å². The number of ether oxygens (including phenoxy) is 1. The Morgan fingerprint density at radius 3 is 2.85 bits per heavy atom. The number of likely N-dealkylation sites (N-methyl/N-ethyl adjacent to an activating group) is 1. The number of hydrogen-bond donors (Lipinski definition) is 1. The summed E-state index contributed by atoms with van der Waals surface area (Å²) in [5, 5.41) is 3.16. The van der Waals surface area contributed by atoms with E-state index in [0.717, 1.165) is 12.3 Å². The van der Waals surface area contributed by atoms with E-state index in [1.807, 2.05) is 19.2 Å². The maximum Gasteiger partial charge on any atom is 0.119 e. The highest BCUT2D eigenvalue weighted by Crippen LogP contribution is 2.19. The van der Waals surface area contributed by atoms with E-state index in [9.17, 15) is 0 Å². The molecule has 0 bridgehead atoms. The molecule has 0 aliphatic rings. The van der Waals surface area contributed by atoms with Crippen LogP contribution in [-0.4, -0.2) is 20.7 Å². The largest absolute Gasteiger partial charge is 0.497 e. The summed E-state index contributed by atoms with van der Waals surface area (Å²) in [6.07, 6.45) is 0. The minimum atomic E-state index is 0.528. The summed E-state index contributed by atoms with van der Waals surface area (Å²) in [5.41, 5.74) is 1.31. The van der Waals surface area contributed by atoms with Crippen molar-refractivity contribution >= 4 is 0 Å². The third-order valence-electron chi connectivity index (χ3n) is 2.17. The summed E-state index contributed by atoms with van der Waals surface area (Å²) >= 11 is 0. The van der Waals surface area contributed by atoms with Crippen LogP contribution in [0.15, 0.2) is 24.3 Å². The summed E-state index contributed by atoms with van der Waals surface area (Å²) in [4.78, 5) is 0. The topological polar surface area (TPSA) is 21.3 Å². The predicted octanol–water partition coefficient (Wildman–Crippen LogP) is 2.02. The summed E-state index contributed by atoms with van der Waals surface area (Å²) in [7, 11) is 3.67. The van der Waals surface area contributed by atoms with Crippen LogP contribution in [0.3, 0.4) is 0 Å². The first kappa shape index (κ1) is 10.1. The molecule has 13 heavy (non-hydrogen) atoms. The fourth-order valence-electron chi connectivity index (χ4n) is 1.37. The van der Waals surface area contributed by atoms with Gasteiger partial charge in [-0.25, -0.2) is 0 Å². The van der Waals surface area contributed by atoms with Crippen molar-refractivity contribution in [3.8, 4) is 5.75 Å². The van der Waals surface area contributed by atoms with E-state index in [0.29, 0.717) is 5.92 Å². The van der Waals surface area contributed by atoms with E-state index in [1.165, 1.54) is 5.56 Å². The Labute approximate surface area is 79.9 Å². The molecule has 1 aromatic carbocycles. The lowest BCUT2D eigenvalue weighted by molar-refractivity contribution is 0.414. The van der Waals surface area contributed by atoms with Crippen molar-refractivity contribution in [2.75, 3.05) is 20.7 Å². The number of nitrogens with one attached hydrogen (secondary N) is 1. The Kier molecular flexibility index (Phi) is 3.77. The fourth-order valence-corrected chi connectivity index (χ4v) is 1.37. The van der Waals surface area contributed by atoms with Crippen molar-refractivity contribution in [1.82, 2.24) is 5.32 Å². The van der Waals surface area contributed by atoms with Gasteiger partial charge in [0.05, 0.1) is 7.11 Å². The number of methoxy groups -OCH3 is 1. The van der Waals surface area contributed by atoms with Crippen LogP contribution in [0.4, 0.5) is 0 Å². The molecule has 0 heterocycles. The highest BCUT2D eigenvalue weighted by Gasteiger charge is 2.04. The molecule has 0 amide bonds. The third kappa shape index (κ3) is 2.74. The Morgan fingerprint density at radius 2 is 2.23 bits per heavy atom. The molecule has 1 rings (SSSR count). The lowest BCUT2D eigenvalue weighted by Crippen LogP contribution is -2.14. The van der Waals surface area contributed by atoms with Crippen molar-refractivity contribution in [3.63, 3.8) is 0 Å². The van der Waals surface area contributed by atoms with Gasteiger partial charge in [-0.1, -0.05) is 19.1 Å². The van der Waals surface area contributed by atoms with E-state index >= 15 is 0 Å². The van der Waals surface area contributed by atoms with E-state index in [-0.39, 0.29) is 0 Å². The van der Waals surface area contributed by atoms with Crippen molar-refractivity contribution in [1.29, 1.82) is 0 Å². The maximum atomic E-state index is 5.16. The van der Waals surface area contributed by atoms with Gasteiger partial charge in [-0.3, -0.25) is 0 Å². The van der Waals surface area contributed by atoms with E-state index in [1.54, 1.807) is 7.11 Å². The Hall–Kier alpha value is -1.02. The number of hydrogen-bond acceptors (Lipinski definition) is 2. The van der Waals surface area contributed by atoms with E-state index < -0.39 is 0 Å². The Bertz CT molecular complexity index is 260. The summed E-state index contributed by atoms with van der Waals surface area (Å²) in [6.45, 7) is 3.19. The SMILES string of the molecule is CNCC(C)c1cccc(OC)c1. The lowest BCUT2D eigenvalue weighted by atomic mass is 10.0. The monoisotopic (exact) mass is 179 g/mol. The summed E-state index contributed by atoms with van der Waals surface area (Å²) in [5.74, 6) is 1.46. The number of benzene rings is 1. The molecule has 2 nitrogen and oxygen atoms in total. The average Bonchev–Trinajstić information content (AvgIpc) is 2.18. The molecule has 1 unspecified atom stereocenters. The van der Waals surface area contributed by atoms with Crippen molar-refractivity contribution in [3.05, 3.63) is 29.8 Å². The quantitative estimate of drug-likeness (QED) is 0.763. The number of rotatable bonds is 4. The third-order valence-corrected chi connectivity index (χ3v) is 2.17. The minimum Gasteiger partial charge on any atom is -0.497 e. The standard InChI is InChI=1S/C11H17NO/c1-9(8-12-2)10-5-4-6-11(7-10)13-3/h4-7,9,12H,8H2,1-3H3. The highest BCUT2D eigenvalue weighted by atomic mass is 16.5. The molecule has 0 saturated carbocycles. The van der Waals surface area contributed by atoms with Crippen LogP contribution in [-0.2, 0) is 0 Å². The van der Waals surface area contributed by atoms with Gasteiger partial charge in [0.2, 0.25) is 0 Å². The first-order valence-electron chi connectivity index (χ1n) is 4.56. The van der Waals surface area contributed by atoms with Gasteiger partial charge >= 0.3 is 0 Å². The molecule has 72 valence electrons. The first-order valence-corrected chi connectivity index (χ1v) is 4.56. The molecule has 1 aromatic rings. The van der Waals surface area contributed by atoms with Gasteiger partial charge in [0, 0.05) is 6.54 Å². The van der Waals surface area contributed by atoms with Crippen LogP contribution in [0.1, 0.15) is 18.4 Å². The predicted molar refractivity (Wildman–Crippen MR) is 55.3 cm³/mol. The fraction of sp³-hybridized carbons (Fsp3) is 0.455. The van der Waals surface area contributed by atoms with Crippen LogP contribution in [0.2, 0.25) is 0 Å². The van der Waals surface area contributed by atoms with Gasteiger partial charge in [-0.05, 0) is 30.7 Å². The molecule has 0 aliphatic heterocycles. The molecule has 1 atom stereocenters. The molecular formula is C11H17NO. The van der Waals surface area contributed by atoms with Crippen molar-refractivity contribution < 1.29 is 4.74 Å². The van der Waals surface area contributed by atoms with Gasteiger partial charge in [0.15, 0.2) is 0 Å². The molecule has 1 N–H and O–H groups in total. The lowest BCUT2D eigenvalue weighted by Gasteiger charge is -2.11. The van der Waals surface area contributed by atoms with Crippen LogP contribution in [0.25, 0.3) is 0 Å². The highest BCUT2D eigenvalue weighted by molar-refractivity contribution is 5.30. The van der Waals surface area contributed by atoms with Crippen LogP contribution >= 0.6 is 0 Å². The molecular weight excluding hydrogens is 162 g/mol. The molecule has 0 fully saturated rings. The second kappa shape index (κ2) is 4.87. The molecule has 0 aromatic heterocycles.